The molecule has 4 aliphatic rings. The van der Waals surface area contributed by atoms with Crippen molar-refractivity contribution in [2.45, 2.75) is 0 Å². The Hall–Kier alpha value is 1.99. The Balaban J connectivity index is 2.07. The summed E-state index contributed by atoms with van der Waals surface area (Å²) in [5.41, 5.74) is 0. The van der Waals surface area contributed by atoms with Gasteiger partial charge in [-0.3, -0.25) is 0 Å². The van der Waals surface area contributed by atoms with E-state index in [2.05, 4.69) is 58.7 Å². The van der Waals surface area contributed by atoms with Crippen LogP contribution in [0.15, 0.2) is 0 Å². The normalized spacial score (nSPS) is 48.4. The van der Waals surface area contributed by atoms with Crippen LogP contribution in [0.4, 0.5) is 0 Å². The minimum atomic E-state index is -0.989. The summed E-state index contributed by atoms with van der Waals surface area (Å²) in [5, 5.41) is 0. The Morgan fingerprint density at radius 1 is 0.375 bits per heavy atom. The molecule has 4 bridgehead atoms. The molecule has 0 N–H and O–H groups in total. The Morgan fingerprint density at radius 3 is 0.625 bits per heavy atom. The van der Waals surface area contributed by atoms with Crippen molar-refractivity contribution < 1.29 is 0 Å². The fraction of sp³-hybridized carbons (Fsp3) is 1.00. The molecule has 0 aromatic rings. The van der Waals surface area contributed by atoms with Crippen LogP contribution >= 0.6 is 0 Å². The van der Waals surface area contributed by atoms with Gasteiger partial charge in [0, 0.05) is 0 Å². The van der Waals surface area contributed by atoms with Gasteiger partial charge in [-0.15, -0.1) is 0 Å². The molecule has 6 nitrogen and oxygen atoms in total. The Kier molecular flexibility index (Phi) is 3.45. The average Bonchev–Trinajstić information content (AvgIpc) is 2.14. The van der Waals surface area contributed by atoms with Crippen LogP contribution in [-0.2, 0) is 0 Å². The third-order valence-corrected chi connectivity index (χ3v) is 37.1. The van der Waals surface area contributed by atoms with Crippen LogP contribution in [-0.4, -0.2) is 120 Å². The summed E-state index contributed by atoms with van der Waals surface area (Å²) in [6, 6.07) is 0. The van der Waals surface area contributed by atoms with E-state index < -0.39 is 61.3 Å². The minimum absolute atomic E-state index is 0.989. The van der Waals surface area contributed by atoms with Crippen molar-refractivity contribution in [2.75, 3.05) is 42.3 Å². The van der Waals surface area contributed by atoms with Crippen molar-refractivity contribution in [1.82, 2.24) is 16.4 Å². The van der Waals surface area contributed by atoms with Crippen molar-refractivity contribution in [2.24, 2.45) is 0 Å². The second kappa shape index (κ2) is 4.25. The molecule has 0 radical (unpaired) electrons. The van der Waals surface area contributed by atoms with Crippen molar-refractivity contribution in [3.05, 3.63) is 0 Å². The van der Waals surface area contributed by atoms with Crippen LogP contribution in [0.1, 0.15) is 0 Å². The predicted octanol–water partition coefficient (Wildman–Crippen LogP) is -2.44. The van der Waals surface area contributed by atoms with E-state index in [1.54, 1.807) is 0 Å². The molecule has 4 rings (SSSR count). The van der Waals surface area contributed by atoms with Gasteiger partial charge in [-0.2, -0.15) is 0 Å². The topological polar surface area (TPSA) is 19.4 Å². The van der Waals surface area contributed by atoms with Gasteiger partial charge in [0.2, 0.25) is 0 Å². The number of hydrogen-bond donors (Lipinski definition) is 0. The second-order valence-corrected chi connectivity index (χ2v) is 32.5. The van der Waals surface area contributed by atoms with Crippen molar-refractivity contribution in [3.8, 4) is 0 Å². The monoisotopic (exact) mass is 474 g/mol. The van der Waals surface area contributed by atoms with Crippen LogP contribution < -0.4 is 0 Å². The van der Waals surface area contributed by atoms with Gasteiger partial charge in [0.1, 0.15) is 0 Å². The van der Waals surface area contributed by atoms with E-state index >= 15 is 0 Å². The van der Waals surface area contributed by atoms with Gasteiger partial charge >= 0.3 is 120 Å². The second-order valence-electron chi connectivity index (χ2n) is 4.01. The van der Waals surface area contributed by atoms with Gasteiger partial charge in [-0.1, -0.05) is 0 Å². The summed E-state index contributed by atoms with van der Waals surface area (Å²) in [6.07, 6.45) is 0. The molecule has 0 unspecified atom stereocenters. The van der Waals surface area contributed by atoms with Crippen LogP contribution in [0.3, 0.4) is 0 Å². The molecule has 0 aliphatic carbocycles. The first-order valence-electron chi connectivity index (χ1n) is 5.08. The zero-order valence-electron chi connectivity index (χ0n) is 10.5. The molecule has 0 saturated carbocycles. The molecular formula is C6H18As4N6. The zero-order valence-corrected chi connectivity index (χ0v) is 18.0. The molecule has 0 aromatic heterocycles. The van der Waals surface area contributed by atoms with Gasteiger partial charge in [0.25, 0.3) is 0 Å². The predicted molar refractivity (Wildman–Crippen MR) is 69.6 cm³/mol. The Labute approximate surface area is 119 Å². The van der Waals surface area contributed by atoms with Gasteiger partial charge in [-0.05, 0) is 0 Å². The molecule has 4 fully saturated rings. The van der Waals surface area contributed by atoms with E-state index in [-0.39, 0.29) is 0 Å². The maximum atomic E-state index is 2.78. The molecule has 16 heavy (non-hydrogen) atoms. The summed E-state index contributed by atoms with van der Waals surface area (Å²) in [7, 11) is 14.3. The van der Waals surface area contributed by atoms with E-state index in [1.807, 2.05) is 0 Å². The van der Waals surface area contributed by atoms with Crippen molar-refractivity contribution in [1.29, 1.82) is 0 Å². The fourth-order valence-corrected chi connectivity index (χ4v) is 73.2. The first kappa shape index (κ1) is 13.0. The summed E-state index contributed by atoms with van der Waals surface area (Å²) >= 11 is -3.95. The summed E-state index contributed by atoms with van der Waals surface area (Å²) in [5.74, 6) is 0. The molecule has 0 atom stereocenters. The summed E-state index contributed by atoms with van der Waals surface area (Å²) in [4.78, 5) is 0. The molecule has 0 aromatic carbocycles. The van der Waals surface area contributed by atoms with E-state index in [4.69, 9.17) is 0 Å². The zero-order chi connectivity index (χ0) is 11.8. The first-order chi connectivity index (χ1) is 7.46. The maximum absolute atomic E-state index is 2.78. The Bertz CT molecular complexity index is 218. The van der Waals surface area contributed by atoms with Gasteiger partial charge < -0.3 is 0 Å². The third-order valence-electron chi connectivity index (χ3n) is 3.11. The van der Waals surface area contributed by atoms with Gasteiger partial charge in [0.05, 0.1) is 0 Å². The molecule has 10 heteroatoms. The summed E-state index contributed by atoms with van der Waals surface area (Å²) in [6.45, 7) is 0. The van der Waals surface area contributed by atoms with Crippen LogP contribution in [0.5, 0.6) is 0 Å². The first-order valence-corrected chi connectivity index (χ1v) is 15.2. The van der Waals surface area contributed by atoms with Gasteiger partial charge in [-0.25, -0.2) is 0 Å². The van der Waals surface area contributed by atoms with Crippen LogP contribution in [0, 0.1) is 0 Å². The van der Waals surface area contributed by atoms with E-state index in [0.29, 0.717) is 0 Å². The van der Waals surface area contributed by atoms with E-state index in [9.17, 15) is 0 Å². The standard InChI is InChI=1S/C6H18As4N6/c1-11-7-12(2)9-14(4)8(11)15(5)10(13(7)3)16(9)6/h1-6H3. The Morgan fingerprint density at radius 2 is 0.500 bits per heavy atom. The van der Waals surface area contributed by atoms with Crippen molar-refractivity contribution >= 4 is 61.3 Å². The SMILES string of the molecule is CN1[As]2N(C)[As]3N(C)[As]1N(C)[As](N2C)N3C. The molecule has 4 saturated heterocycles. The van der Waals surface area contributed by atoms with Crippen LogP contribution in [0.25, 0.3) is 0 Å². The van der Waals surface area contributed by atoms with Crippen LogP contribution in [0.2, 0.25) is 0 Å². The third kappa shape index (κ3) is 1.44. The molecule has 0 spiro atoms. The molecule has 4 aliphatic heterocycles. The average molecular weight is 474 g/mol. The molecule has 92 valence electrons. The van der Waals surface area contributed by atoms with E-state index in [0.717, 1.165) is 0 Å². The quantitative estimate of drug-likeness (QED) is 0.362. The molecule has 4 heterocycles. The fourth-order valence-electron chi connectivity index (χ4n) is 2.68. The number of rotatable bonds is 0. The number of hydrogen-bond acceptors (Lipinski definition) is 6. The van der Waals surface area contributed by atoms with E-state index in [1.165, 1.54) is 0 Å². The number of nitrogens with zero attached hydrogens (tertiary/aromatic N) is 6. The molecular weight excluding hydrogens is 456 g/mol. The van der Waals surface area contributed by atoms with Gasteiger partial charge in [0.15, 0.2) is 0 Å². The van der Waals surface area contributed by atoms with Crippen molar-refractivity contribution in [3.63, 3.8) is 0 Å². The summed E-state index contributed by atoms with van der Waals surface area (Å²) < 4.78 is 16.7. The molecule has 0 amide bonds.